The van der Waals surface area contributed by atoms with Crippen molar-refractivity contribution in [1.29, 1.82) is 0 Å². The summed E-state index contributed by atoms with van der Waals surface area (Å²) in [5.74, 6) is -1.20. The number of carboxylic acid groups (broad SMARTS) is 1. The Bertz CT molecular complexity index is 490. The minimum Gasteiger partial charge on any atom is -0.480 e. The minimum atomic E-state index is -1.07. The summed E-state index contributed by atoms with van der Waals surface area (Å²) in [6.45, 7) is 1.98. The van der Waals surface area contributed by atoms with Crippen LogP contribution in [0.2, 0.25) is 0 Å². The SMILES string of the molecule is CCc1ccccc1C(=O)NC1(C(=O)O)CCCC1. The van der Waals surface area contributed by atoms with E-state index in [0.717, 1.165) is 24.8 Å². The van der Waals surface area contributed by atoms with Gasteiger partial charge in [-0.05, 0) is 30.9 Å². The molecule has 19 heavy (non-hydrogen) atoms. The Hall–Kier alpha value is -1.84. The van der Waals surface area contributed by atoms with Crippen LogP contribution in [0.5, 0.6) is 0 Å². The number of rotatable bonds is 4. The molecule has 0 radical (unpaired) electrons. The highest BCUT2D eigenvalue weighted by Crippen LogP contribution is 2.30. The number of aryl methyl sites for hydroxylation is 1. The van der Waals surface area contributed by atoms with E-state index in [1.165, 1.54) is 0 Å². The van der Waals surface area contributed by atoms with E-state index in [9.17, 15) is 14.7 Å². The van der Waals surface area contributed by atoms with Crippen LogP contribution < -0.4 is 5.32 Å². The fourth-order valence-electron chi connectivity index (χ4n) is 2.71. The number of nitrogens with one attached hydrogen (secondary N) is 1. The van der Waals surface area contributed by atoms with E-state index in [-0.39, 0.29) is 5.91 Å². The number of benzene rings is 1. The van der Waals surface area contributed by atoms with E-state index >= 15 is 0 Å². The lowest BCUT2D eigenvalue weighted by molar-refractivity contribution is -0.144. The lowest BCUT2D eigenvalue weighted by Crippen LogP contribution is -2.52. The zero-order valence-electron chi connectivity index (χ0n) is 11.1. The van der Waals surface area contributed by atoms with Gasteiger partial charge in [-0.3, -0.25) is 4.79 Å². The molecule has 4 heteroatoms. The molecule has 1 aromatic rings. The zero-order chi connectivity index (χ0) is 13.9. The molecule has 0 unspecified atom stereocenters. The van der Waals surface area contributed by atoms with Gasteiger partial charge in [-0.1, -0.05) is 38.0 Å². The van der Waals surface area contributed by atoms with Gasteiger partial charge in [-0.15, -0.1) is 0 Å². The number of hydrogen-bond acceptors (Lipinski definition) is 2. The predicted molar refractivity (Wildman–Crippen MR) is 72.1 cm³/mol. The molecule has 0 heterocycles. The van der Waals surface area contributed by atoms with E-state index in [4.69, 9.17) is 0 Å². The molecule has 1 aromatic carbocycles. The van der Waals surface area contributed by atoms with Gasteiger partial charge in [-0.25, -0.2) is 4.79 Å². The lowest BCUT2D eigenvalue weighted by atomic mass is 9.96. The van der Waals surface area contributed by atoms with Gasteiger partial charge in [0.25, 0.3) is 5.91 Å². The van der Waals surface area contributed by atoms with Crippen molar-refractivity contribution in [2.75, 3.05) is 0 Å². The molecule has 4 nitrogen and oxygen atoms in total. The Morgan fingerprint density at radius 2 is 1.89 bits per heavy atom. The Balaban J connectivity index is 2.23. The van der Waals surface area contributed by atoms with Gasteiger partial charge in [0.05, 0.1) is 0 Å². The smallest absolute Gasteiger partial charge is 0.329 e. The summed E-state index contributed by atoms with van der Waals surface area (Å²) in [6, 6.07) is 7.34. The van der Waals surface area contributed by atoms with Gasteiger partial charge in [-0.2, -0.15) is 0 Å². The van der Waals surface area contributed by atoms with Crippen molar-refractivity contribution in [3.8, 4) is 0 Å². The summed E-state index contributed by atoms with van der Waals surface area (Å²) in [4.78, 5) is 23.7. The Morgan fingerprint density at radius 1 is 1.26 bits per heavy atom. The van der Waals surface area contributed by atoms with Gasteiger partial charge in [0.2, 0.25) is 0 Å². The molecule has 0 spiro atoms. The fraction of sp³-hybridized carbons (Fsp3) is 0.467. The third-order valence-corrected chi connectivity index (χ3v) is 3.86. The molecule has 2 N–H and O–H groups in total. The lowest BCUT2D eigenvalue weighted by Gasteiger charge is -2.25. The van der Waals surface area contributed by atoms with E-state index in [1.54, 1.807) is 12.1 Å². The molecule has 2 rings (SSSR count). The van der Waals surface area contributed by atoms with Crippen LogP contribution in [0.3, 0.4) is 0 Å². The summed E-state index contributed by atoms with van der Waals surface area (Å²) >= 11 is 0. The van der Waals surface area contributed by atoms with Crippen molar-refractivity contribution in [2.24, 2.45) is 0 Å². The Labute approximate surface area is 112 Å². The van der Waals surface area contributed by atoms with Gasteiger partial charge < -0.3 is 10.4 Å². The highest BCUT2D eigenvalue weighted by Gasteiger charge is 2.42. The zero-order valence-corrected chi connectivity index (χ0v) is 11.1. The quantitative estimate of drug-likeness (QED) is 0.874. The maximum atomic E-state index is 12.3. The molecule has 1 saturated carbocycles. The third kappa shape index (κ3) is 2.62. The van der Waals surface area contributed by atoms with Crippen molar-refractivity contribution in [3.63, 3.8) is 0 Å². The highest BCUT2D eigenvalue weighted by atomic mass is 16.4. The number of carboxylic acids is 1. The number of hydrogen-bond donors (Lipinski definition) is 2. The second kappa shape index (κ2) is 5.43. The molecule has 1 fully saturated rings. The molecular formula is C15H19NO3. The molecule has 1 aliphatic carbocycles. The summed E-state index contributed by atoms with van der Waals surface area (Å²) in [6.07, 6.45) is 3.48. The molecule has 0 aromatic heterocycles. The van der Waals surface area contributed by atoms with Gasteiger partial charge in [0, 0.05) is 5.56 Å². The molecule has 0 atom stereocenters. The van der Waals surface area contributed by atoms with E-state index in [0.29, 0.717) is 18.4 Å². The first-order valence-electron chi connectivity index (χ1n) is 6.73. The average Bonchev–Trinajstić information content (AvgIpc) is 2.88. The summed E-state index contributed by atoms with van der Waals surface area (Å²) in [5, 5.41) is 12.1. The van der Waals surface area contributed by atoms with Crippen LogP contribution in [-0.4, -0.2) is 22.5 Å². The average molecular weight is 261 g/mol. The minimum absolute atomic E-state index is 0.276. The van der Waals surface area contributed by atoms with Gasteiger partial charge in [0.1, 0.15) is 5.54 Å². The molecule has 1 aliphatic rings. The molecular weight excluding hydrogens is 242 g/mol. The first-order valence-corrected chi connectivity index (χ1v) is 6.73. The Kier molecular flexibility index (Phi) is 3.88. The topological polar surface area (TPSA) is 66.4 Å². The van der Waals surface area contributed by atoms with Crippen LogP contribution in [-0.2, 0) is 11.2 Å². The maximum absolute atomic E-state index is 12.3. The number of carbonyl (C=O) groups is 2. The van der Waals surface area contributed by atoms with E-state index in [2.05, 4.69) is 5.32 Å². The van der Waals surface area contributed by atoms with Crippen molar-refractivity contribution >= 4 is 11.9 Å². The summed E-state index contributed by atoms with van der Waals surface area (Å²) < 4.78 is 0. The van der Waals surface area contributed by atoms with Crippen LogP contribution in [0.4, 0.5) is 0 Å². The molecule has 0 saturated heterocycles. The van der Waals surface area contributed by atoms with Crippen LogP contribution in [0.25, 0.3) is 0 Å². The number of aliphatic carboxylic acids is 1. The summed E-state index contributed by atoms with van der Waals surface area (Å²) in [7, 11) is 0. The monoisotopic (exact) mass is 261 g/mol. The fourth-order valence-corrected chi connectivity index (χ4v) is 2.71. The van der Waals surface area contributed by atoms with E-state index in [1.807, 2.05) is 19.1 Å². The number of carbonyl (C=O) groups excluding carboxylic acids is 1. The van der Waals surface area contributed by atoms with Crippen molar-refractivity contribution in [3.05, 3.63) is 35.4 Å². The van der Waals surface area contributed by atoms with Crippen LogP contribution >= 0.6 is 0 Å². The predicted octanol–water partition coefficient (Wildman–Crippen LogP) is 2.38. The second-order valence-corrected chi connectivity index (χ2v) is 5.06. The molecule has 0 bridgehead atoms. The molecule has 1 amide bonds. The Morgan fingerprint density at radius 3 is 2.47 bits per heavy atom. The van der Waals surface area contributed by atoms with Crippen LogP contribution in [0.1, 0.15) is 48.5 Å². The van der Waals surface area contributed by atoms with Crippen LogP contribution in [0.15, 0.2) is 24.3 Å². The molecule has 0 aliphatic heterocycles. The normalized spacial score (nSPS) is 17.1. The van der Waals surface area contributed by atoms with Crippen LogP contribution in [0, 0.1) is 0 Å². The maximum Gasteiger partial charge on any atom is 0.329 e. The third-order valence-electron chi connectivity index (χ3n) is 3.86. The van der Waals surface area contributed by atoms with Gasteiger partial charge >= 0.3 is 5.97 Å². The second-order valence-electron chi connectivity index (χ2n) is 5.06. The standard InChI is InChI=1S/C15H19NO3/c1-2-11-7-3-4-8-12(11)13(17)16-15(14(18)19)9-5-6-10-15/h3-4,7-8H,2,5-6,9-10H2,1H3,(H,16,17)(H,18,19). The first kappa shape index (κ1) is 13.6. The van der Waals surface area contributed by atoms with E-state index < -0.39 is 11.5 Å². The van der Waals surface area contributed by atoms with Crippen molar-refractivity contribution in [1.82, 2.24) is 5.32 Å². The van der Waals surface area contributed by atoms with Crippen molar-refractivity contribution < 1.29 is 14.7 Å². The first-order chi connectivity index (χ1) is 9.09. The number of amides is 1. The highest BCUT2D eigenvalue weighted by molar-refractivity contribution is 5.99. The largest absolute Gasteiger partial charge is 0.480 e. The molecule has 102 valence electrons. The van der Waals surface area contributed by atoms with Gasteiger partial charge in [0.15, 0.2) is 0 Å². The summed E-state index contributed by atoms with van der Waals surface area (Å²) in [5.41, 5.74) is 0.453. The van der Waals surface area contributed by atoms with Crippen molar-refractivity contribution in [2.45, 2.75) is 44.6 Å².